The second kappa shape index (κ2) is 10.7. The molecule has 7 rings (SSSR count). The summed E-state index contributed by atoms with van der Waals surface area (Å²) in [5, 5.41) is 25.1. The molecule has 1 aromatic carbocycles. The predicted molar refractivity (Wildman–Crippen MR) is 162 cm³/mol. The molecule has 14 heteroatoms. The topological polar surface area (TPSA) is 118 Å². The molecular weight excluding hydrogens is 588 g/mol. The van der Waals surface area contributed by atoms with Crippen LogP contribution in [0.15, 0.2) is 30.3 Å². The number of benzene rings is 1. The van der Waals surface area contributed by atoms with Crippen LogP contribution in [0.2, 0.25) is 0 Å². The lowest BCUT2D eigenvalue weighted by Crippen LogP contribution is -2.67. The van der Waals surface area contributed by atoms with Gasteiger partial charge in [-0.15, -0.1) is 0 Å². The molecule has 0 saturated carbocycles. The van der Waals surface area contributed by atoms with Gasteiger partial charge >= 0.3 is 6.03 Å². The molecule has 6 heterocycles. The van der Waals surface area contributed by atoms with Crippen LogP contribution < -0.4 is 9.80 Å². The maximum atomic E-state index is 15.4. The Bertz CT molecular complexity index is 1780. The first kappa shape index (κ1) is 28.4. The van der Waals surface area contributed by atoms with Crippen molar-refractivity contribution in [2.75, 3.05) is 56.1 Å². The van der Waals surface area contributed by atoms with Crippen molar-refractivity contribution in [3.63, 3.8) is 0 Å². The number of amides is 2. The van der Waals surface area contributed by atoms with Crippen LogP contribution in [0, 0.1) is 28.5 Å². The molecule has 0 bridgehead atoms. The molecule has 3 aliphatic heterocycles. The number of piperidine rings is 1. The first-order chi connectivity index (χ1) is 21.2. The molecule has 0 radical (unpaired) electrons. The van der Waals surface area contributed by atoms with Crippen molar-refractivity contribution in [3.8, 4) is 17.3 Å². The molecule has 2 amide bonds. The predicted octanol–water partition coefficient (Wildman–Crippen LogP) is 4.19. The number of likely N-dealkylation sites (tertiary alicyclic amines) is 2. The van der Waals surface area contributed by atoms with E-state index in [0.717, 1.165) is 12.8 Å². The zero-order valence-corrected chi connectivity index (χ0v) is 25.2. The Morgan fingerprint density at radius 2 is 1.86 bits per heavy atom. The molecule has 0 atom stereocenters. The molecule has 44 heavy (non-hydrogen) atoms. The number of aliphatic hydroxyl groups excluding tert-OH is 1. The van der Waals surface area contributed by atoms with Crippen molar-refractivity contribution in [1.29, 1.82) is 5.26 Å². The van der Waals surface area contributed by atoms with Gasteiger partial charge in [-0.1, -0.05) is 11.3 Å². The van der Waals surface area contributed by atoms with E-state index >= 15 is 4.39 Å². The number of nitriles is 1. The molecule has 3 aliphatic rings. The molecule has 11 nitrogen and oxygen atoms in total. The maximum Gasteiger partial charge on any atom is 0.320 e. The van der Waals surface area contributed by atoms with Crippen LogP contribution in [0.4, 0.5) is 30.2 Å². The summed E-state index contributed by atoms with van der Waals surface area (Å²) in [6.07, 6.45) is 1.25. The Balaban J connectivity index is 1.13. The van der Waals surface area contributed by atoms with Gasteiger partial charge in [0.2, 0.25) is 5.95 Å². The lowest BCUT2D eigenvalue weighted by Gasteiger charge is -2.55. The van der Waals surface area contributed by atoms with Gasteiger partial charge in [0.25, 0.3) is 0 Å². The Labute approximate surface area is 256 Å². The molecule has 3 aromatic heterocycles. The van der Waals surface area contributed by atoms with Crippen molar-refractivity contribution >= 4 is 45.0 Å². The fraction of sp³-hybridized carbons (Fsp3) is 0.433. The smallest absolute Gasteiger partial charge is 0.320 e. The zero-order valence-electron chi connectivity index (χ0n) is 24.4. The molecule has 4 aromatic rings. The second-order valence-corrected chi connectivity index (χ2v) is 12.8. The minimum absolute atomic E-state index is 0.0134. The van der Waals surface area contributed by atoms with Crippen LogP contribution in [0.3, 0.4) is 0 Å². The number of hydrogen-bond donors (Lipinski definition) is 1. The quantitative estimate of drug-likeness (QED) is 0.331. The molecular formula is C30H31F2N9O2S. The van der Waals surface area contributed by atoms with Crippen molar-refractivity contribution < 1.29 is 18.7 Å². The summed E-state index contributed by atoms with van der Waals surface area (Å²) in [6.45, 7) is 5.88. The number of aliphatic hydroxyl groups is 1. The number of hydrogen-bond acceptors (Lipinski definition) is 9. The van der Waals surface area contributed by atoms with Gasteiger partial charge in [-0.05, 0) is 50.1 Å². The van der Waals surface area contributed by atoms with E-state index in [-0.39, 0.29) is 22.9 Å². The molecule has 0 aliphatic carbocycles. The van der Waals surface area contributed by atoms with Crippen LogP contribution in [-0.4, -0.2) is 93.1 Å². The van der Waals surface area contributed by atoms with Gasteiger partial charge in [0.15, 0.2) is 10.8 Å². The molecule has 228 valence electrons. The van der Waals surface area contributed by atoms with Crippen molar-refractivity contribution in [2.45, 2.75) is 32.4 Å². The third kappa shape index (κ3) is 4.71. The summed E-state index contributed by atoms with van der Waals surface area (Å²) in [5.41, 5.74) is 1.83. The van der Waals surface area contributed by atoms with E-state index in [0.29, 0.717) is 84.0 Å². The minimum Gasteiger partial charge on any atom is -0.389 e. The number of fused-ring (bicyclic) bond motifs is 1. The maximum absolute atomic E-state index is 15.4. The van der Waals surface area contributed by atoms with E-state index in [9.17, 15) is 19.6 Å². The van der Waals surface area contributed by atoms with E-state index in [1.165, 1.54) is 23.5 Å². The van der Waals surface area contributed by atoms with Crippen LogP contribution in [0.25, 0.3) is 22.3 Å². The number of anilines is 3. The van der Waals surface area contributed by atoms with Gasteiger partial charge in [0.1, 0.15) is 28.3 Å². The van der Waals surface area contributed by atoms with E-state index in [1.807, 2.05) is 28.7 Å². The van der Waals surface area contributed by atoms with Crippen LogP contribution in [0.5, 0.6) is 0 Å². The summed E-state index contributed by atoms with van der Waals surface area (Å²) in [4.78, 5) is 29.3. The molecule has 0 unspecified atom stereocenters. The summed E-state index contributed by atoms with van der Waals surface area (Å²) in [7, 11) is 1.83. The number of aryl methyl sites for hydroxylation is 1. The van der Waals surface area contributed by atoms with E-state index in [1.54, 1.807) is 27.8 Å². The van der Waals surface area contributed by atoms with Crippen molar-refractivity contribution in [2.24, 2.45) is 5.41 Å². The number of thiazole rings is 1. The number of nitrogens with zero attached hydrogens (tertiary/aromatic N) is 9. The number of β-amino-alcohol motifs (C(OH)–C–C–N with tert-alkyl or cyclic N) is 1. The third-order valence-electron chi connectivity index (χ3n) is 9.00. The highest BCUT2D eigenvalue weighted by atomic mass is 32.1. The standard InChI is InChI=1S/C30H31F2N9O2S/c1-3-41-27(37(2)28-34-24(23(13-33)44-28)18-4-6-19(31)7-5-18)21-12-22(25(32)35-26(21)36-41)38-10-8-30(9-11-38)16-40(17-30)29(43)39-14-20(42)15-39/h4-7,12,20,42H,3,8-11,14-17H2,1-2H3. The Kier molecular flexibility index (Phi) is 6.89. The Hall–Kier alpha value is -4.35. The Morgan fingerprint density at radius 1 is 1.16 bits per heavy atom. The second-order valence-electron chi connectivity index (χ2n) is 11.8. The van der Waals surface area contributed by atoms with Crippen molar-refractivity contribution in [1.82, 2.24) is 29.5 Å². The summed E-state index contributed by atoms with van der Waals surface area (Å²) in [6, 6.07) is 9.85. The van der Waals surface area contributed by atoms with Crippen LogP contribution in [0.1, 0.15) is 24.6 Å². The van der Waals surface area contributed by atoms with E-state index < -0.39 is 12.1 Å². The molecule has 1 N–H and O–H groups in total. The average molecular weight is 620 g/mol. The number of carbonyl (C=O) groups is 1. The van der Waals surface area contributed by atoms with Gasteiger partial charge in [-0.2, -0.15) is 19.7 Å². The molecule has 3 fully saturated rings. The first-order valence-electron chi connectivity index (χ1n) is 14.6. The van der Waals surface area contributed by atoms with Crippen LogP contribution in [-0.2, 0) is 6.54 Å². The fourth-order valence-corrected chi connectivity index (χ4v) is 7.33. The van der Waals surface area contributed by atoms with Crippen LogP contribution >= 0.6 is 11.3 Å². The summed E-state index contributed by atoms with van der Waals surface area (Å²) >= 11 is 1.22. The lowest BCUT2D eigenvalue weighted by atomic mass is 9.72. The highest BCUT2D eigenvalue weighted by Gasteiger charge is 2.49. The summed E-state index contributed by atoms with van der Waals surface area (Å²) in [5.74, 6) is -0.270. The van der Waals surface area contributed by atoms with Crippen molar-refractivity contribution in [3.05, 3.63) is 47.0 Å². The monoisotopic (exact) mass is 619 g/mol. The number of carbonyl (C=O) groups excluding carboxylic acids is 1. The van der Waals surface area contributed by atoms with Gasteiger partial charge in [-0.25, -0.2) is 18.9 Å². The number of rotatable bonds is 5. The Morgan fingerprint density at radius 3 is 2.50 bits per heavy atom. The highest BCUT2D eigenvalue weighted by Crippen LogP contribution is 2.43. The highest BCUT2D eigenvalue weighted by molar-refractivity contribution is 7.16. The number of halogens is 2. The van der Waals surface area contributed by atoms with Gasteiger partial charge in [-0.3, -0.25) is 0 Å². The summed E-state index contributed by atoms with van der Waals surface area (Å²) < 4.78 is 30.7. The van der Waals surface area contributed by atoms with E-state index in [2.05, 4.69) is 16.2 Å². The first-order valence-corrected chi connectivity index (χ1v) is 15.4. The SMILES string of the molecule is CCn1nc2nc(F)c(N3CCC4(CC3)CN(C(=O)N3CC(O)C3)C4)cc2c1N(C)c1nc(-c2ccc(F)cc2)c(C#N)s1. The molecule has 3 saturated heterocycles. The van der Waals surface area contributed by atoms with E-state index in [4.69, 9.17) is 4.98 Å². The van der Waals surface area contributed by atoms with Gasteiger partial charge < -0.3 is 24.7 Å². The van der Waals surface area contributed by atoms with Gasteiger partial charge in [0, 0.05) is 50.7 Å². The largest absolute Gasteiger partial charge is 0.389 e. The number of pyridine rings is 1. The third-order valence-corrected chi connectivity index (χ3v) is 10.0. The normalized spacial score (nSPS) is 18.0. The zero-order chi connectivity index (χ0) is 30.7. The molecule has 1 spiro atoms. The average Bonchev–Trinajstić information content (AvgIpc) is 3.59. The minimum atomic E-state index is -0.579. The fourth-order valence-electron chi connectivity index (χ4n) is 6.48. The number of aromatic nitrogens is 4. The lowest BCUT2D eigenvalue weighted by molar-refractivity contribution is -0.0311. The van der Waals surface area contributed by atoms with Gasteiger partial charge in [0.05, 0.1) is 30.3 Å². The number of urea groups is 1.